The minimum atomic E-state index is -0.146. The van der Waals surface area contributed by atoms with Gasteiger partial charge in [-0.1, -0.05) is 18.2 Å². The number of para-hydroxylation sites is 1. The van der Waals surface area contributed by atoms with Crippen LogP contribution in [0.3, 0.4) is 0 Å². The highest BCUT2D eigenvalue weighted by Gasteiger charge is 2.17. The zero-order valence-electron chi connectivity index (χ0n) is 16.2. The molecule has 2 N–H and O–H groups in total. The second-order valence-corrected chi connectivity index (χ2v) is 7.54. The predicted molar refractivity (Wildman–Crippen MR) is 118 cm³/mol. The van der Waals surface area contributed by atoms with Crippen molar-refractivity contribution in [1.82, 2.24) is 9.55 Å². The fraction of sp³-hybridized carbons (Fsp3) is 0.208. The van der Waals surface area contributed by atoms with Crippen LogP contribution in [-0.2, 0) is 0 Å². The number of aliphatic hydroxyl groups is 1. The van der Waals surface area contributed by atoms with Crippen LogP contribution in [0.1, 0.15) is 12.8 Å². The first-order valence-electron chi connectivity index (χ1n) is 10.1. The number of rotatable bonds is 4. The minimum Gasteiger partial charge on any atom is -0.393 e. The predicted octanol–water partition coefficient (Wildman–Crippen LogP) is 4.73. The lowest BCUT2D eigenvalue weighted by Gasteiger charge is -2.31. The summed E-state index contributed by atoms with van der Waals surface area (Å²) in [7, 11) is 0. The van der Waals surface area contributed by atoms with Crippen molar-refractivity contribution in [2.45, 2.75) is 18.9 Å². The van der Waals surface area contributed by atoms with Crippen molar-refractivity contribution < 1.29 is 5.11 Å². The van der Waals surface area contributed by atoms with E-state index in [0.717, 1.165) is 54.0 Å². The van der Waals surface area contributed by atoms with Crippen LogP contribution in [0.15, 0.2) is 79.1 Å². The number of benzene rings is 3. The minimum absolute atomic E-state index is 0.146. The molecule has 0 unspecified atom stereocenters. The molecular formula is C24H24N4O. The van der Waals surface area contributed by atoms with Gasteiger partial charge in [0.1, 0.15) is 6.33 Å². The largest absolute Gasteiger partial charge is 0.393 e. The summed E-state index contributed by atoms with van der Waals surface area (Å²) in [6.07, 6.45) is 3.41. The van der Waals surface area contributed by atoms with Crippen molar-refractivity contribution >= 4 is 28.1 Å². The van der Waals surface area contributed by atoms with E-state index < -0.39 is 0 Å². The molecule has 0 spiro atoms. The molecule has 0 saturated carbocycles. The zero-order valence-corrected chi connectivity index (χ0v) is 16.2. The normalized spacial score (nSPS) is 15.0. The molecule has 4 aromatic rings. The first-order chi connectivity index (χ1) is 14.3. The van der Waals surface area contributed by atoms with Gasteiger partial charge in [0.25, 0.3) is 0 Å². The first-order valence-corrected chi connectivity index (χ1v) is 10.1. The van der Waals surface area contributed by atoms with Gasteiger partial charge in [-0.2, -0.15) is 0 Å². The Bertz CT molecular complexity index is 1100. The van der Waals surface area contributed by atoms with E-state index in [1.165, 1.54) is 5.69 Å². The van der Waals surface area contributed by atoms with Crippen LogP contribution in [0.2, 0.25) is 0 Å². The number of fused-ring (bicyclic) bond motifs is 1. The highest BCUT2D eigenvalue weighted by atomic mass is 16.3. The zero-order chi connectivity index (χ0) is 19.6. The average molecular weight is 384 g/mol. The molecule has 1 aromatic heterocycles. The molecule has 0 aliphatic carbocycles. The van der Waals surface area contributed by atoms with Gasteiger partial charge in [-0.15, -0.1) is 0 Å². The third-order valence-electron chi connectivity index (χ3n) is 5.57. The van der Waals surface area contributed by atoms with Crippen molar-refractivity contribution in [3.05, 3.63) is 79.1 Å². The highest BCUT2D eigenvalue weighted by molar-refractivity contribution is 5.82. The number of nitrogens with zero attached hydrogens (tertiary/aromatic N) is 3. The Morgan fingerprint density at radius 1 is 0.828 bits per heavy atom. The molecule has 5 nitrogen and oxygen atoms in total. The molecule has 29 heavy (non-hydrogen) atoms. The Labute approximate surface area is 170 Å². The van der Waals surface area contributed by atoms with Crippen LogP contribution in [0, 0.1) is 0 Å². The van der Waals surface area contributed by atoms with Crippen LogP contribution in [0.4, 0.5) is 17.1 Å². The van der Waals surface area contributed by atoms with Gasteiger partial charge in [-0.25, -0.2) is 4.98 Å². The summed E-state index contributed by atoms with van der Waals surface area (Å²) in [5.41, 5.74) is 6.43. The third kappa shape index (κ3) is 3.69. The standard InChI is InChI=1S/C24H24N4O/c29-22-12-14-27(15-13-22)20-9-6-18(7-10-20)26-19-8-11-24-23(16-19)25-17-28(24)21-4-2-1-3-5-21/h1-11,16-17,22,26,29H,12-15H2. The number of hydrogen-bond acceptors (Lipinski definition) is 4. The number of nitrogens with one attached hydrogen (secondary N) is 1. The molecule has 2 heterocycles. The maximum absolute atomic E-state index is 9.68. The average Bonchev–Trinajstić information content (AvgIpc) is 3.19. The van der Waals surface area contributed by atoms with Crippen LogP contribution < -0.4 is 10.2 Å². The lowest BCUT2D eigenvalue weighted by Crippen LogP contribution is -2.35. The van der Waals surface area contributed by atoms with Gasteiger partial charge >= 0.3 is 0 Å². The molecule has 5 heteroatoms. The summed E-state index contributed by atoms with van der Waals surface area (Å²) in [4.78, 5) is 6.91. The van der Waals surface area contributed by atoms with Crippen molar-refractivity contribution in [2.24, 2.45) is 0 Å². The summed E-state index contributed by atoms with van der Waals surface area (Å²) in [5.74, 6) is 0. The van der Waals surface area contributed by atoms with E-state index in [-0.39, 0.29) is 6.10 Å². The molecule has 146 valence electrons. The van der Waals surface area contributed by atoms with Gasteiger partial charge < -0.3 is 15.3 Å². The summed E-state index contributed by atoms with van der Waals surface area (Å²) >= 11 is 0. The van der Waals surface area contributed by atoms with Crippen molar-refractivity contribution in [2.75, 3.05) is 23.3 Å². The molecule has 3 aromatic carbocycles. The third-order valence-corrected chi connectivity index (χ3v) is 5.57. The molecule has 0 atom stereocenters. The van der Waals surface area contributed by atoms with E-state index in [0.29, 0.717) is 0 Å². The van der Waals surface area contributed by atoms with E-state index in [1.807, 2.05) is 24.5 Å². The van der Waals surface area contributed by atoms with Gasteiger partial charge in [0.15, 0.2) is 0 Å². The summed E-state index contributed by atoms with van der Waals surface area (Å²) in [6.45, 7) is 1.82. The highest BCUT2D eigenvalue weighted by Crippen LogP contribution is 2.26. The van der Waals surface area contributed by atoms with Crippen molar-refractivity contribution in [1.29, 1.82) is 0 Å². The van der Waals surface area contributed by atoms with Crippen LogP contribution in [0.25, 0.3) is 16.7 Å². The second kappa shape index (κ2) is 7.60. The number of hydrogen-bond donors (Lipinski definition) is 2. The van der Waals surface area contributed by atoms with Crippen LogP contribution in [0.5, 0.6) is 0 Å². The summed E-state index contributed by atoms with van der Waals surface area (Å²) in [5, 5.41) is 13.2. The number of imidazole rings is 1. The van der Waals surface area contributed by atoms with Gasteiger partial charge in [0.2, 0.25) is 0 Å². The fourth-order valence-corrected chi connectivity index (χ4v) is 3.93. The van der Waals surface area contributed by atoms with Crippen molar-refractivity contribution in [3.63, 3.8) is 0 Å². The summed E-state index contributed by atoms with van der Waals surface area (Å²) in [6, 6.07) is 25.0. The van der Waals surface area contributed by atoms with Crippen LogP contribution >= 0.6 is 0 Å². The van der Waals surface area contributed by atoms with E-state index in [4.69, 9.17) is 0 Å². The Kier molecular flexibility index (Phi) is 4.66. The molecular weight excluding hydrogens is 360 g/mol. The molecule has 5 rings (SSSR count). The Morgan fingerprint density at radius 3 is 2.31 bits per heavy atom. The molecule has 1 fully saturated rings. The molecule has 1 aliphatic rings. The van der Waals surface area contributed by atoms with Gasteiger partial charge in [0.05, 0.1) is 17.1 Å². The molecule has 1 saturated heterocycles. The monoisotopic (exact) mass is 384 g/mol. The van der Waals surface area contributed by atoms with E-state index >= 15 is 0 Å². The number of anilines is 3. The van der Waals surface area contributed by atoms with Gasteiger partial charge in [-0.05, 0) is 67.4 Å². The first kappa shape index (κ1) is 17.8. The van der Waals surface area contributed by atoms with E-state index in [2.05, 4.69) is 74.4 Å². The summed E-state index contributed by atoms with van der Waals surface area (Å²) < 4.78 is 2.10. The van der Waals surface area contributed by atoms with E-state index in [9.17, 15) is 5.11 Å². The van der Waals surface area contributed by atoms with E-state index in [1.54, 1.807) is 0 Å². The topological polar surface area (TPSA) is 53.3 Å². The van der Waals surface area contributed by atoms with Crippen LogP contribution in [-0.4, -0.2) is 33.9 Å². The Hall–Kier alpha value is -3.31. The molecule has 0 amide bonds. The number of aromatic nitrogens is 2. The fourth-order valence-electron chi connectivity index (χ4n) is 3.93. The Balaban J connectivity index is 1.33. The second-order valence-electron chi connectivity index (χ2n) is 7.54. The Morgan fingerprint density at radius 2 is 1.55 bits per heavy atom. The smallest absolute Gasteiger partial charge is 0.100 e. The molecule has 0 radical (unpaired) electrons. The lowest BCUT2D eigenvalue weighted by atomic mass is 10.1. The maximum atomic E-state index is 9.68. The maximum Gasteiger partial charge on any atom is 0.100 e. The van der Waals surface area contributed by atoms with Gasteiger partial charge in [-0.3, -0.25) is 4.57 Å². The molecule has 1 aliphatic heterocycles. The lowest BCUT2D eigenvalue weighted by molar-refractivity contribution is 0.145. The van der Waals surface area contributed by atoms with Crippen molar-refractivity contribution in [3.8, 4) is 5.69 Å². The quantitative estimate of drug-likeness (QED) is 0.534. The molecule has 0 bridgehead atoms. The van der Waals surface area contributed by atoms with Gasteiger partial charge in [0, 0.05) is 35.8 Å². The number of aliphatic hydroxyl groups excluding tert-OH is 1. The number of piperidine rings is 1. The SMILES string of the molecule is OC1CCN(c2ccc(Nc3ccc4c(c3)ncn4-c3ccccc3)cc2)CC1.